The molecule has 11 heteroatoms. The van der Waals surface area contributed by atoms with Gasteiger partial charge in [0, 0.05) is 17.3 Å². The highest BCUT2D eigenvalue weighted by molar-refractivity contribution is 7.94. The SMILES string of the molecule is COc1ccc(-c2nn(-c3ccccc3)cc2C=NNC(=O)c2ccccc2NS(=O)(=O)c2cccs2)cc1. The fourth-order valence-electron chi connectivity index (χ4n) is 3.77. The van der Waals surface area contributed by atoms with Crippen molar-refractivity contribution < 1.29 is 17.9 Å². The zero-order chi connectivity index (χ0) is 27.2. The lowest BCUT2D eigenvalue weighted by Gasteiger charge is -2.10. The Hall–Kier alpha value is -4.74. The monoisotopic (exact) mass is 557 g/mol. The number of rotatable bonds is 9. The summed E-state index contributed by atoms with van der Waals surface area (Å²) >= 11 is 1.09. The molecule has 9 nitrogen and oxygen atoms in total. The van der Waals surface area contributed by atoms with Gasteiger partial charge >= 0.3 is 0 Å². The number of sulfonamides is 1. The largest absolute Gasteiger partial charge is 0.497 e. The van der Waals surface area contributed by atoms with Crippen molar-refractivity contribution in [1.82, 2.24) is 15.2 Å². The average molecular weight is 558 g/mol. The Labute approximate surface area is 229 Å². The van der Waals surface area contributed by atoms with Crippen molar-refractivity contribution >= 4 is 39.2 Å². The van der Waals surface area contributed by atoms with Gasteiger partial charge < -0.3 is 4.74 Å². The molecule has 0 fully saturated rings. The van der Waals surface area contributed by atoms with Crippen molar-refractivity contribution in [3.05, 3.63) is 114 Å². The molecule has 2 aromatic heterocycles. The van der Waals surface area contributed by atoms with E-state index >= 15 is 0 Å². The van der Waals surface area contributed by atoms with Crippen LogP contribution in [0.5, 0.6) is 5.75 Å². The lowest BCUT2D eigenvalue weighted by atomic mass is 10.1. The number of ether oxygens (including phenoxy) is 1. The van der Waals surface area contributed by atoms with Gasteiger partial charge in [0.05, 0.1) is 30.3 Å². The van der Waals surface area contributed by atoms with E-state index in [1.54, 1.807) is 35.4 Å². The minimum atomic E-state index is -3.82. The molecule has 2 heterocycles. The first kappa shape index (κ1) is 25.9. The molecule has 2 N–H and O–H groups in total. The van der Waals surface area contributed by atoms with Gasteiger partial charge in [-0.1, -0.05) is 36.4 Å². The highest BCUT2D eigenvalue weighted by atomic mass is 32.2. The second-order valence-corrected chi connectivity index (χ2v) is 11.1. The van der Waals surface area contributed by atoms with Crippen LogP contribution in [0.1, 0.15) is 15.9 Å². The molecule has 0 saturated heterocycles. The van der Waals surface area contributed by atoms with Crippen LogP contribution in [-0.2, 0) is 10.0 Å². The fraction of sp³-hybridized carbons (Fsp3) is 0.0357. The van der Waals surface area contributed by atoms with Crippen molar-refractivity contribution in [3.8, 4) is 22.7 Å². The average Bonchev–Trinajstić information content (AvgIpc) is 3.65. The summed E-state index contributed by atoms with van der Waals surface area (Å²) in [6, 6.07) is 26.6. The Kier molecular flexibility index (Phi) is 7.53. The van der Waals surface area contributed by atoms with Gasteiger partial charge in [0.2, 0.25) is 0 Å². The lowest BCUT2D eigenvalue weighted by molar-refractivity contribution is 0.0956. The molecule has 0 aliphatic heterocycles. The standard InChI is InChI=1S/C28H23N5O4S2/c1-37-23-15-13-20(14-16-23)27-21(19-33(31-27)22-8-3-2-4-9-22)18-29-30-28(34)24-10-5-6-11-25(24)32-39(35,36)26-12-7-17-38-26/h2-19,32H,1H3,(H,30,34). The highest BCUT2D eigenvalue weighted by Crippen LogP contribution is 2.25. The van der Waals surface area contributed by atoms with Crippen molar-refractivity contribution in [3.63, 3.8) is 0 Å². The van der Waals surface area contributed by atoms with Crippen LogP contribution in [0.3, 0.4) is 0 Å². The van der Waals surface area contributed by atoms with E-state index in [2.05, 4.69) is 15.2 Å². The van der Waals surface area contributed by atoms with E-state index in [0.29, 0.717) is 11.3 Å². The number of methoxy groups -OCH3 is 1. The van der Waals surface area contributed by atoms with Crippen molar-refractivity contribution in [2.24, 2.45) is 5.10 Å². The maximum absolute atomic E-state index is 13.0. The fourth-order valence-corrected chi connectivity index (χ4v) is 5.84. The number of aromatic nitrogens is 2. The molecule has 0 unspecified atom stereocenters. The van der Waals surface area contributed by atoms with E-state index in [9.17, 15) is 13.2 Å². The van der Waals surface area contributed by atoms with Crippen LogP contribution in [0.2, 0.25) is 0 Å². The molecule has 39 heavy (non-hydrogen) atoms. The van der Waals surface area contributed by atoms with Gasteiger partial charge in [0.25, 0.3) is 15.9 Å². The molecule has 0 atom stereocenters. The molecular formula is C28H23N5O4S2. The highest BCUT2D eigenvalue weighted by Gasteiger charge is 2.19. The van der Waals surface area contributed by atoms with Gasteiger partial charge in [0.15, 0.2) is 0 Å². The maximum atomic E-state index is 13.0. The number of hydrogen-bond acceptors (Lipinski definition) is 7. The predicted octanol–water partition coefficient (Wildman–Crippen LogP) is 5.17. The molecule has 1 amide bonds. The van der Waals surface area contributed by atoms with Gasteiger partial charge in [-0.25, -0.2) is 18.5 Å². The van der Waals surface area contributed by atoms with E-state index in [1.807, 2.05) is 60.8 Å². The van der Waals surface area contributed by atoms with Crippen LogP contribution in [0, 0.1) is 0 Å². The summed E-state index contributed by atoms with van der Waals surface area (Å²) in [5.41, 5.74) is 5.80. The molecule has 196 valence electrons. The summed E-state index contributed by atoms with van der Waals surface area (Å²) in [4.78, 5) is 13.0. The topological polar surface area (TPSA) is 115 Å². The van der Waals surface area contributed by atoms with E-state index in [-0.39, 0.29) is 15.5 Å². The number of nitrogens with one attached hydrogen (secondary N) is 2. The van der Waals surface area contributed by atoms with E-state index in [1.165, 1.54) is 24.4 Å². The molecule has 0 spiro atoms. The number of carbonyl (C=O) groups excluding carboxylic acids is 1. The summed E-state index contributed by atoms with van der Waals surface area (Å²) in [5, 5.41) is 10.6. The minimum Gasteiger partial charge on any atom is -0.497 e. The Bertz CT molecular complexity index is 1710. The third-order valence-electron chi connectivity index (χ3n) is 5.67. The van der Waals surface area contributed by atoms with E-state index < -0.39 is 15.9 Å². The summed E-state index contributed by atoms with van der Waals surface area (Å²) in [6.07, 6.45) is 3.32. The van der Waals surface area contributed by atoms with Gasteiger partial charge in [-0.05, 0) is 60.0 Å². The number of hydrogen-bond donors (Lipinski definition) is 2. The van der Waals surface area contributed by atoms with Crippen LogP contribution in [0.4, 0.5) is 5.69 Å². The third kappa shape index (κ3) is 5.89. The Morgan fingerprint density at radius 3 is 2.44 bits per heavy atom. The summed E-state index contributed by atoms with van der Waals surface area (Å²) < 4.78 is 35.0. The minimum absolute atomic E-state index is 0.130. The van der Waals surface area contributed by atoms with Gasteiger partial charge in [-0.15, -0.1) is 11.3 Å². The first-order chi connectivity index (χ1) is 18.9. The predicted molar refractivity (Wildman–Crippen MR) is 152 cm³/mol. The summed E-state index contributed by atoms with van der Waals surface area (Å²) in [7, 11) is -2.22. The first-order valence-corrected chi connectivity index (χ1v) is 14.1. The molecule has 0 aliphatic rings. The number of para-hydroxylation sites is 2. The Morgan fingerprint density at radius 1 is 0.974 bits per heavy atom. The van der Waals surface area contributed by atoms with Gasteiger partial charge in [-0.3, -0.25) is 9.52 Å². The maximum Gasteiger partial charge on any atom is 0.273 e. The molecule has 0 radical (unpaired) electrons. The number of nitrogens with zero attached hydrogens (tertiary/aromatic N) is 3. The molecule has 3 aromatic carbocycles. The van der Waals surface area contributed by atoms with Crippen LogP contribution >= 0.6 is 11.3 Å². The third-order valence-corrected chi connectivity index (χ3v) is 8.44. The summed E-state index contributed by atoms with van der Waals surface area (Å²) in [6.45, 7) is 0. The molecule has 0 saturated carbocycles. The van der Waals surface area contributed by atoms with E-state index in [0.717, 1.165) is 28.3 Å². The normalized spacial score (nSPS) is 11.4. The molecule has 0 aliphatic carbocycles. The number of anilines is 1. The molecular weight excluding hydrogens is 534 g/mol. The van der Waals surface area contributed by atoms with Crippen LogP contribution in [0.15, 0.2) is 112 Å². The smallest absolute Gasteiger partial charge is 0.273 e. The van der Waals surface area contributed by atoms with Crippen LogP contribution < -0.4 is 14.9 Å². The number of hydrazone groups is 1. The van der Waals surface area contributed by atoms with Gasteiger partial charge in [-0.2, -0.15) is 10.2 Å². The quantitative estimate of drug-likeness (QED) is 0.192. The second-order valence-electron chi connectivity index (χ2n) is 8.22. The van der Waals surface area contributed by atoms with Gasteiger partial charge in [0.1, 0.15) is 15.7 Å². The Morgan fingerprint density at radius 2 is 1.72 bits per heavy atom. The molecule has 5 aromatic rings. The first-order valence-electron chi connectivity index (χ1n) is 11.7. The molecule has 5 rings (SSSR count). The van der Waals surface area contributed by atoms with Crippen molar-refractivity contribution in [2.75, 3.05) is 11.8 Å². The lowest BCUT2D eigenvalue weighted by Crippen LogP contribution is -2.21. The van der Waals surface area contributed by atoms with Crippen molar-refractivity contribution in [2.45, 2.75) is 4.21 Å². The number of amides is 1. The zero-order valence-corrected chi connectivity index (χ0v) is 22.3. The number of thiophene rings is 1. The van der Waals surface area contributed by atoms with Crippen LogP contribution in [-0.4, -0.2) is 37.4 Å². The van der Waals surface area contributed by atoms with E-state index in [4.69, 9.17) is 9.84 Å². The van der Waals surface area contributed by atoms with Crippen molar-refractivity contribution in [1.29, 1.82) is 0 Å². The zero-order valence-electron chi connectivity index (χ0n) is 20.7. The Balaban J connectivity index is 1.40. The summed E-state index contributed by atoms with van der Waals surface area (Å²) in [5.74, 6) is 0.147. The number of carbonyl (C=O) groups is 1. The van der Waals surface area contributed by atoms with Crippen LogP contribution in [0.25, 0.3) is 16.9 Å². The molecule has 0 bridgehead atoms. The second kappa shape index (κ2) is 11.3. The number of benzene rings is 3.